The highest BCUT2D eigenvalue weighted by Gasteiger charge is 2.44. The smallest absolute Gasteiger partial charge is 0.136 e. The summed E-state index contributed by atoms with van der Waals surface area (Å²) in [5.74, 6) is 0. The number of nitrogens with zero attached hydrogens (tertiary/aromatic N) is 2. The van der Waals surface area contributed by atoms with Crippen LogP contribution >= 0.6 is 0 Å². The predicted octanol–water partition coefficient (Wildman–Crippen LogP) is -0.512. The van der Waals surface area contributed by atoms with Crippen molar-refractivity contribution >= 4 is 5.65 Å². The zero-order valence-electron chi connectivity index (χ0n) is 9.55. The molecule has 6 heteroatoms. The molecule has 1 aliphatic rings. The van der Waals surface area contributed by atoms with Crippen LogP contribution < -0.4 is 0 Å². The Labute approximate surface area is 103 Å². The SMILES string of the molecule is OC[C@H]1OC(c2cnc3ccccn23)[C@H](O)[C@@H]1O. The molecule has 3 N–H and O–H groups in total. The van der Waals surface area contributed by atoms with Crippen LogP contribution in [0, 0.1) is 0 Å². The van der Waals surface area contributed by atoms with Gasteiger partial charge in [0, 0.05) is 6.20 Å². The Hall–Kier alpha value is -1.47. The molecular weight excluding hydrogens is 236 g/mol. The molecule has 3 rings (SSSR count). The molecule has 0 radical (unpaired) electrons. The second kappa shape index (κ2) is 4.33. The van der Waals surface area contributed by atoms with E-state index in [-0.39, 0.29) is 6.61 Å². The van der Waals surface area contributed by atoms with Gasteiger partial charge in [0.05, 0.1) is 18.5 Å². The molecule has 6 nitrogen and oxygen atoms in total. The quantitative estimate of drug-likeness (QED) is 0.668. The minimum absolute atomic E-state index is 0.328. The topological polar surface area (TPSA) is 87.2 Å². The van der Waals surface area contributed by atoms with Gasteiger partial charge in [0.1, 0.15) is 30.1 Å². The van der Waals surface area contributed by atoms with E-state index in [0.717, 1.165) is 5.65 Å². The number of imidazole rings is 1. The molecule has 1 saturated heterocycles. The molecule has 96 valence electrons. The first-order valence-corrected chi connectivity index (χ1v) is 5.77. The molecule has 0 bridgehead atoms. The van der Waals surface area contributed by atoms with Gasteiger partial charge < -0.3 is 24.5 Å². The number of aliphatic hydroxyl groups is 3. The monoisotopic (exact) mass is 250 g/mol. The second-order valence-corrected chi connectivity index (χ2v) is 4.37. The van der Waals surface area contributed by atoms with Crippen molar-refractivity contribution < 1.29 is 20.1 Å². The summed E-state index contributed by atoms with van der Waals surface area (Å²) in [7, 11) is 0. The number of hydrogen-bond acceptors (Lipinski definition) is 5. The molecular formula is C12H14N2O4. The lowest BCUT2D eigenvalue weighted by molar-refractivity contribution is -0.0241. The van der Waals surface area contributed by atoms with Crippen molar-refractivity contribution in [2.45, 2.75) is 24.4 Å². The van der Waals surface area contributed by atoms with Crippen molar-refractivity contribution in [3.63, 3.8) is 0 Å². The van der Waals surface area contributed by atoms with E-state index < -0.39 is 24.4 Å². The first-order valence-electron chi connectivity index (χ1n) is 5.77. The van der Waals surface area contributed by atoms with Crippen LogP contribution in [0.1, 0.15) is 11.8 Å². The van der Waals surface area contributed by atoms with E-state index in [1.165, 1.54) is 0 Å². The minimum atomic E-state index is -1.09. The van der Waals surface area contributed by atoms with Gasteiger partial charge in [0.15, 0.2) is 0 Å². The predicted molar refractivity (Wildman–Crippen MR) is 61.9 cm³/mol. The summed E-state index contributed by atoms with van der Waals surface area (Å²) in [6.45, 7) is -0.328. The van der Waals surface area contributed by atoms with Crippen molar-refractivity contribution in [3.05, 3.63) is 36.3 Å². The maximum atomic E-state index is 9.96. The maximum absolute atomic E-state index is 9.96. The van der Waals surface area contributed by atoms with Crippen LogP contribution in [-0.4, -0.2) is 49.6 Å². The molecule has 18 heavy (non-hydrogen) atoms. The highest BCUT2D eigenvalue weighted by atomic mass is 16.6. The molecule has 0 amide bonds. The van der Waals surface area contributed by atoms with Crippen LogP contribution in [0.15, 0.2) is 30.6 Å². The Morgan fingerprint density at radius 1 is 1.28 bits per heavy atom. The van der Waals surface area contributed by atoms with Gasteiger partial charge >= 0.3 is 0 Å². The number of hydrogen-bond donors (Lipinski definition) is 3. The van der Waals surface area contributed by atoms with E-state index in [1.807, 2.05) is 24.4 Å². The Bertz CT molecular complexity index is 556. The molecule has 0 spiro atoms. The van der Waals surface area contributed by atoms with Gasteiger partial charge in [-0.15, -0.1) is 0 Å². The van der Waals surface area contributed by atoms with Gasteiger partial charge in [-0.2, -0.15) is 0 Å². The zero-order valence-corrected chi connectivity index (χ0v) is 9.55. The van der Waals surface area contributed by atoms with Gasteiger partial charge in [-0.3, -0.25) is 0 Å². The van der Waals surface area contributed by atoms with Crippen molar-refractivity contribution in [2.75, 3.05) is 6.61 Å². The second-order valence-electron chi connectivity index (χ2n) is 4.37. The third-order valence-electron chi connectivity index (χ3n) is 3.28. The summed E-state index contributed by atoms with van der Waals surface area (Å²) in [4.78, 5) is 4.20. The third kappa shape index (κ3) is 1.62. The summed E-state index contributed by atoms with van der Waals surface area (Å²) >= 11 is 0. The van der Waals surface area contributed by atoms with Crippen LogP contribution in [-0.2, 0) is 4.74 Å². The molecule has 3 heterocycles. The van der Waals surface area contributed by atoms with Crippen LogP contribution in [0.3, 0.4) is 0 Å². The fourth-order valence-corrected chi connectivity index (χ4v) is 2.31. The Morgan fingerprint density at radius 3 is 2.83 bits per heavy atom. The molecule has 2 aromatic heterocycles. The average Bonchev–Trinajstić information content (AvgIpc) is 2.93. The number of ether oxygens (including phenoxy) is 1. The molecule has 0 aromatic carbocycles. The molecule has 1 fully saturated rings. The largest absolute Gasteiger partial charge is 0.394 e. The standard InChI is InChI=1S/C12H14N2O4/c15-6-8-10(16)11(17)12(18-8)7-5-13-9-3-1-2-4-14(7)9/h1-5,8,10-12,15-17H,6H2/t8-,10-,11-,12?/m1/s1. The van der Waals surface area contributed by atoms with Crippen molar-refractivity contribution in [1.29, 1.82) is 0 Å². The van der Waals surface area contributed by atoms with Crippen LogP contribution in [0.4, 0.5) is 0 Å². The number of rotatable bonds is 2. The first-order chi connectivity index (χ1) is 8.72. The fourth-order valence-electron chi connectivity index (χ4n) is 2.31. The minimum Gasteiger partial charge on any atom is -0.394 e. The molecule has 2 aromatic rings. The van der Waals surface area contributed by atoms with Gasteiger partial charge in [-0.05, 0) is 12.1 Å². The number of pyridine rings is 1. The molecule has 4 atom stereocenters. The van der Waals surface area contributed by atoms with E-state index in [0.29, 0.717) is 5.69 Å². The fraction of sp³-hybridized carbons (Fsp3) is 0.417. The summed E-state index contributed by atoms with van der Waals surface area (Å²) in [6.07, 6.45) is -0.187. The normalized spacial score (nSPS) is 32.2. The van der Waals surface area contributed by atoms with E-state index in [4.69, 9.17) is 9.84 Å². The highest BCUT2D eigenvalue weighted by Crippen LogP contribution is 2.33. The zero-order chi connectivity index (χ0) is 12.7. The summed E-state index contributed by atoms with van der Waals surface area (Å²) < 4.78 is 7.27. The van der Waals surface area contributed by atoms with Gasteiger partial charge in [0.2, 0.25) is 0 Å². The first kappa shape index (κ1) is 11.6. The summed E-state index contributed by atoms with van der Waals surface area (Å²) in [5, 5.41) is 28.8. The Balaban J connectivity index is 2.00. The average molecular weight is 250 g/mol. The molecule has 1 unspecified atom stereocenters. The van der Waals surface area contributed by atoms with E-state index in [2.05, 4.69) is 4.98 Å². The molecule has 0 saturated carbocycles. The Morgan fingerprint density at radius 2 is 2.11 bits per heavy atom. The van der Waals surface area contributed by atoms with Crippen LogP contribution in [0.2, 0.25) is 0 Å². The van der Waals surface area contributed by atoms with Crippen LogP contribution in [0.25, 0.3) is 5.65 Å². The number of fused-ring (bicyclic) bond motifs is 1. The molecule has 0 aliphatic carbocycles. The lowest BCUT2D eigenvalue weighted by Crippen LogP contribution is -2.32. The van der Waals surface area contributed by atoms with Crippen molar-refractivity contribution in [3.8, 4) is 0 Å². The lowest BCUT2D eigenvalue weighted by atomic mass is 10.1. The van der Waals surface area contributed by atoms with Crippen molar-refractivity contribution in [2.24, 2.45) is 0 Å². The lowest BCUT2D eigenvalue weighted by Gasteiger charge is -2.14. The third-order valence-corrected chi connectivity index (χ3v) is 3.28. The molecule has 1 aliphatic heterocycles. The van der Waals surface area contributed by atoms with Gasteiger partial charge in [-0.25, -0.2) is 4.98 Å². The summed E-state index contributed by atoms with van der Waals surface area (Å²) in [5.41, 5.74) is 1.40. The van der Waals surface area contributed by atoms with E-state index in [9.17, 15) is 10.2 Å². The highest BCUT2D eigenvalue weighted by molar-refractivity contribution is 5.40. The summed E-state index contributed by atoms with van der Waals surface area (Å²) in [6, 6.07) is 5.55. The van der Waals surface area contributed by atoms with Crippen LogP contribution in [0.5, 0.6) is 0 Å². The van der Waals surface area contributed by atoms with E-state index >= 15 is 0 Å². The number of aliphatic hydroxyl groups excluding tert-OH is 3. The number of aromatic nitrogens is 2. The van der Waals surface area contributed by atoms with E-state index in [1.54, 1.807) is 10.6 Å². The maximum Gasteiger partial charge on any atom is 0.136 e. The van der Waals surface area contributed by atoms with Gasteiger partial charge in [-0.1, -0.05) is 6.07 Å². The van der Waals surface area contributed by atoms with Gasteiger partial charge in [0.25, 0.3) is 0 Å². The van der Waals surface area contributed by atoms with Crippen molar-refractivity contribution in [1.82, 2.24) is 9.38 Å². The Kier molecular flexibility index (Phi) is 2.79.